The Labute approximate surface area is 214 Å². The summed E-state index contributed by atoms with van der Waals surface area (Å²) in [6.07, 6.45) is 1.79. The molecule has 7 nitrogen and oxygen atoms in total. The lowest BCUT2D eigenvalue weighted by molar-refractivity contribution is -0.148. The van der Waals surface area contributed by atoms with Gasteiger partial charge in [0.15, 0.2) is 5.82 Å². The number of alkyl halides is 3. The van der Waals surface area contributed by atoms with Crippen molar-refractivity contribution in [2.24, 2.45) is 17.8 Å². The van der Waals surface area contributed by atoms with Crippen molar-refractivity contribution in [1.29, 1.82) is 0 Å². The van der Waals surface area contributed by atoms with Gasteiger partial charge in [-0.15, -0.1) is 0 Å². The van der Waals surface area contributed by atoms with Crippen LogP contribution in [0.4, 0.5) is 23.4 Å². The van der Waals surface area contributed by atoms with Crippen molar-refractivity contribution in [2.75, 3.05) is 5.32 Å². The zero-order valence-corrected chi connectivity index (χ0v) is 20.0. The van der Waals surface area contributed by atoms with Crippen LogP contribution >= 0.6 is 0 Å². The number of H-pyrrole nitrogens is 1. The highest BCUT2D eigenvalue weighted by molar-refractivity contribution is 5.92. The summed E-state index contributed by atoms with van der Waals surface area (Å²) in [5.41, 5.74) is 0.875. The zero-order valence-electron chi connectivity index (χ0n) is 20.0. The van der Waals surface area contributed by atoms with Gasteiger partial charge in [-0.25, -0.2) is 19.3 Å². The summed E-state index contributed by atoms with van der Waals surface area (Å²) in [4.78, 5) is 28.4. The van der Waals surface area contributed by atoms with Gasteiger partial charge >= 0.3 is 12.1 Å². The van der Waals surface area contributed by atoms with Crippen LogP contribution in [0.5, 0.6) is 0 Å². The van der Waals surface area contributed by atoms with Crippen LogP contribution in [0.25, 0.3) is 33.7 Å². The molecule has 3 N–H and O–H groups in total. The molecule has 2 atom stereocenters. The Hall–Kier alpha value is -4.02. The quantitative estimate of drug-likeness (QED) is 0.270. The minimum atomic E-state index is -4.48. The highest BCUT2D eigenvalue weighted by Gasteiger charge is 2.47. The molecule has 4 aromatic rings. The normalized spacial score (nSPS) is 23.1. The predicted octanol–water partition coefficient (Wildman–Crippen LogP) is 6.15. The first-order valence-corrected chi connectivity index (χ1v) is 12.4. The molecule has 0 radical (unpaired) electrons. The van der Waals surface area contributed by atoms with Gasteiger partial charge in [0.25, 0.3) is 0 Å². The van der Waals surface area contributed by atoms with Gasteiger partial charge in [-0.1, -0.05) is 12.1 Å². The third-order valence-corrected chi connectivity index (χ3v) is 7.79. The fraction of sp³-hybridized carbons (Fsp3) is 0.333. The second-order valence-electron chi connectivity index (χ2n) is 10.00. The average molecular weight is 526 g/mol. The van der Waals surface area contributed by atoms with Crippen LogP contribution < -0.4 is 5.32 Å². The molecule has 3 heterocycles. The van der Waals surface area contributed by atoms with E-state index >= 15 is 0 Å². The maximum absolute atomic E-state index is 14.0. The first-order valence-electron chi connectivity index (χ1n) is 12.4. The number of hydrogen-bond donors (Lipinski definition) is 3. The zero-order chi connectivity index (χ0) is 26.6. The number of benzene rings is 1. The lowest BCUT2D eigenvalue weighted by atomic mass is 9.61. The molecule has 11 heteroatoms. The molecule has 3 saturated carbocycles. The van der Waals surface area contributed by atoms with Crippen LogP contribution in [-0.4, -0.2) is 37.1 Å². The number of rotatable bonds is 5. The van der Waals surface area contributed by atoms with E-state index in [1.165, 1.54) is 18.2 Å². The number of aliphatic carboxylic acids is 1. The smallest absolute Gasteiger partial charge is 0.416 e. The molecule has 2 bridgehead atoms. The molecule has 38 heavy (non-hydrogen) atoms. The van der Waals surface area contributed by atoms with Gasteiger partial charge in [-0.2, -0.15) is 13.2 Å². The van der Waals surface area contributed by atoms with Crippen molar-refractivity contribution >= 4 is 22.8 Å². The summed E-state index contributed by atoms with van der Waals surface area (Å²) in [5.74, 6) is -1.16. The SMILES string of the molecule is O=C(O)[C@H]1C2CCC(CC2)[C@@H]1Nc1cc(-c2ccc(C(F)(F)F)cc2)nc(-c2c[nH]c3ncc(F)cc23)n1. The molecule has 196 valence electrons. The van der Waals surface area contributed by atoms with E-state index in [9.17, 15) is 27.5 Å². The number of carbonyl (C=O) groups is 1. The van der Waals surface area contributed by atoms with Crippen molar-refractivity contribution in [3.8, 4) is 22.6 Å². The third-order valence-electron chi connectivity index (χ3n) is 7.79. The molecule has 7 rings (SSSR count). The number of halogens is 4. The van der Waals surface area contributed by atoms with Crippen molar-refractivity contribution in [3.05, 3.63) is 60.2 Å². The Bertz CT molecular complexity index is 1510. The third kappa shape index (κ3) is 4.35. The van der Waals surface area contributed by atoms with Crippen LogP contribution in [-0.2, 0) is 11.0 Å². The van der Waals surface area contributed by atoms with Gasteiger partial charge in [0, 0.05) is 34.8 Å². The molecular weight excluding hydrogens is 502 g/mol. The number of pyridine rings is 1. The Morgan fingerprint density at radius 2 is 1.74 bits per heavy atom. The summed E-state index contributed by atoms with van der Waals surface area (Å²) in [5, 5.41) is 13.8. The fourth-order valence-electron chi connectivity index (χ4n) is 5.97. The Kier molecular flexibility index (Phi) is 5.81. The van der Waals surface area contributed by atoms with Crippen molar-refractivity contribution in [3.63, 3.8) is 0 Å². The number of anilines is 1. The number of carboxylic acids is 1. The maximum Gasteiger partial charge on any atom is 0.416 e. The Morgan fingerprint density at radius 3 is 2.42 bits per heavy atom. The van der Waals surface area contributed by atoms with Gasteiger partial charge in [0.05, 0.1) is 23.4 Å². The second-order valence-corrected chi connectivity index (χ2v) is 10.00. The van der Waals surface area contributed by atoms with Crippen molar-refractivity contribution < 1.29 is 27.5 Å². The lowest BCUT2D eigenvalue weighted by Crippen LogP contribution is -2.51. The molecule has 3 aliphatic carbocycles. The monoisotopic (exact) mass is 525 g/mol. The van der Waals surface area contributed by atoms with E-state index in [0.717, 1.165) is 44.0 Å². The maximum atomic E-state index is 14.0. The molecule has 0 amide bonds. The largest absolute Gasteiger partial charge is 0.481 e. The molecule has 3 fully saturated rings. The number of nitrogens with one attached hydrogen (secondary N) is 2. The van der Waals surface area contributed by atoms with E-state index in [4.69, 9.17) is 0 Å². The summed E-state index contributed by atoms with van der Waals surface area (Å²) < 4.78 is 53.4. The average Bonchev–Trinajstić information content (AvgIpc) is 3.31. The molecule has 0 spiro atoms. The summed E-state index contributed by atoms with van der Waals surface area (Å²) >= 11 is 0. The van der Waals surface area contributed by atoms with Crippen molar-refractivity contribution in [2.45, 2.75) is 37.9 Å². The number of nitrogens with zero attached hydrogens (tertiary/aromatic N) is 3. The summed E-state index contributed by atoms with van der Waals surface area (Å²) in [7, 11) is 0. The number of aromatic nitrogens is 4. The Balaban J connectivity index is 1.45. The van der Waals surface area contributed by atoms with Crippen LogP contribution in [0.3, 0.4) is 0 Å². The van der Waals surface area contributed by atoms with Gasteiger partial charge in [0.1, 0.15) is 17.3 Å². The molecule has 3 aromatic heterocycles. The molecule has 0 unspecified atom stereocenters. The van der Waals surface area contributed by atoms with E-state index in [1.807, 2.05) is 0 Å². The number of hydrogen-bond acceptors (Lipinski definition) is 5. The minimum Gasteiger partial charge on any atom is -0.481 e. The Morgan fingerprint density at radius 1 is 1.03 bits per heavy atom. The first-order chi connectivity index (χ1) is 18.2. The number of aromatic amines is 1. The topological polar surface area (TPSA) is 104 Å². The van der Waals surface area contributed by atoms with Crippen LogP contribution in [0, 0.1) is 23.6 Å². The molecule has 3 aliphatic rings. The standard InChI is InChI=1S/C27H23F4N5O2/c28-17-9-18-19(12-33-24(18)32-11-17)25-34-20(13-5-7-16(8-6-13)27(29,30)31)10-21(36-25)35-23-15-3-1-14(2-4-15)22(23)26(37)38/h5-12,14-15,22-23H,1-4H2,(H,32,33)(H,37,38)(H,34,35,36)/t14?,15?,22-,23-/m0/s1. The van der Waals surface area contributed by atoms with Gasteiger partial charge < -0.3 is 15.4 Å². The number of fused-ring (bicyclic) bond motifs is 4. The molecule has 1 aromatic carbocycles. The van der Waals surface area contributed by atoms with Crippen LogP contribution in [0.15, 0.2) is 48.8 Å². The molecule has 0 saturated heterocycles. The minimum absolute atomic E-state index is 0.0772. The fourth-order valence-corrected chi connectivity index (χ4v) is 5.97. The van der Waals surface area contributed by atoms with E-state index in [1.54, 1.807) is 12.3 Å². The predicted molar refractivity (Wildman–Crippen MR) is 132 cm³/mol. The van der Waals surface area contributed by atoms with Crippen LogP contribution in [0.2, 0.25) is 0 Å². The van der Waals surface area contributed by atoms with E-state index in [-0.39, 0.29) is 23.7 Å². The van der Waals surface area contributed by atoms with Gasteiger partial charge in [-0.05, 0) is 55.7 Å². The van der Waals surface area contributed by atoms with E-state index < -0.39 is 29.4 Å². The lowest BCUT2D eigenvalue weighted by Gasteiger charge is -2.47. The molecule has 0 aliphatic heterocycles. The highest BCUT2D eigenvalue weighted by atomic mass is 19.4. The molecular formula is C27H23F4N5O2. The summed E-state index contributed by atoms with van der Waals surface area (Å²) in [6, 6.07) is 7.20. The van der Waals surface area contributed by atoms with Crippen LogP contribution in [0.1, 0.15) is 31.2 Å². The first kappa shape index (κ1) is 24.3. The highest BCUT2D eigenvalue weighted by Crippen LogP contribution is 2.46. The van der Waals surface area contributed by atoms with Crippen molar-refractivity contribution in [1.82, 2.24) is 19.9 Å². The van der Waals surface area contributed by atoms with Gasteiger partial charge in [0.2, 0.25) is 0 Å². The van der Waals surface area contributed by atoms with Gasteiger partial charge in [-0.3, -0.25) is 4.79 Å². The number of carboxylic acid groups (broad SMARTS) is 1. The second kappa shape index (κ2) is 9.07. The summed E-state index contributed by atoms with van der Waals surface area (Å²) in [6.45, 7) is 0. The van der Waals surface area contributed by atoms with E-state index in [2.05, 4.69) is 25.3 Å². The van der Waals surface area contributed by atoms with E-state index in [0.29, 0.717) is 33.7 Å².